The van der Waals surface area contributed by atoms with Crippen molar-refractivity contribution in [2.24, 2.45) is 0 Å². The molecular weight excluding hydrogens is 268 g/mol. The SMILES string of the molecule is CCC(C(=O)O)N1C(=O)c2ccc([N+](=O)[O-])cc2C1=O. The standard InChI is InChI=1S/C12H10N2O6/c1-2-9(12(17)18)13-10(15)7-4-3-6(14(19)20)5-8(7)11(13)16/h3-5,9H,2H2,1H3,(H,17,18). The van der Waals surface area contributed by atoms with Crippen LogP contribution in [0.3, 0.4) is 0 Å². The fraction of sp³-hybridized carbons (Fsp3) is 0.250. The van der Waals surface area contributed by atoms with E-state index in [0.717, 1.165) is 12.1 Å². The second-order valence-corrected chi connectivity index (χ2v) is 4.23. The number of hydrogen-bond donors (Lipinski definition) is 1. The molecule has 8 heteroatoms. The van der Waals surface area contributed by atoms with Gasteiger partial charge < -0.3 is 5.11 Å². The number of carbonyl (C=O) groups is 3. The van der Waals surface area contributed by atoms with E-state index in [1.165, 1.54) is 13.0 Å². The van der Waals surface area contributed by atoms with Crippen molar-refractivity contribution in [1.82, 2.24) is 4.90 Å². The Morgan fingerprint density at radius 3 is 2.45 bits per heavy atom. The van der Waals surface area contributed by atoms with Gasteiger partial charge in [0.15, 0.2) is 0 Å². The number of nitro benzene ring substituents is 1. The molecule has 0 saturated carbocycles. The lowest BCUT2D eigenvalue weighted by Gasteiger charge is -2.20. The molecule has 20 heavy (non-hydrogen) atoms. The lowest BCUT2D eigenvalue weighted by Crippen LogP contribution is -2.44. The predicted octanol–water partition coefficient (Wildman–Crippen LogP) is 1.05. The molecule has 2 amide bonds. The van der Waals surface area contributed by atoms with Gasteiger partial charge in [0.05, 0.1) is 16.1 Å². The predicted molar refractivity (Wildman–Crippen MR) is 65.3 cm³/mol. The van der Waals surface area contributed by atoms with E-state index < -0.39 is 28.7 Å². The second-order valence-electron chi connectivity index (χ2n) is 4.23. The average Bonchev–Trinajstić information content (AvgIpc) is 2.64. The van der Waals surface area contributed by atoms with E-state index in [-0.39, 0.29) is 23.2 Å². The molecule has 1 aromatic carbocycles. The largest absolute Gasteiger partial charge is 0.480 e. The van der Waals surface area contributed by atoms with E-state index in [9.17, 15) is 24.5 Å². The maximum atomic E-state index is 12.1. The number of benzene rings is 1. The molecule has 0 spiro atoms. The van der Waals surface area contributed by atoms with Crippen LogP contribution in [0.2, 0.25) is 0 Å². The Labute approximate surface area is 112 Å². The Morgan fingerprint density at radius 1 is 1.35 bits per heavy atom. The minimum Gasteiger partial charge on any atom is -0.480 e. The number of hydrogen-bond acceptors (Lipinski definition) is 5. The van der Waals surface area contributed by atoms with Gasteiger partial charge in [0.1, 0.15) is 6.04 Å². The van der Waals surface area contributed by atoms with Crippen LogP contribution in [-0.2, 0) is 4.79 Å². The summed E-state index contributed by atoms with van der Waals surface area (Å²) >= 11 is 0. The molecule has 1 atom stereocenters. The summed E-state index contributed by atoms with van der Waals surface area (Å²) in [5.74, 6) is -2.85. The van der Waals surface area contributed by atoms with Crippen molar-refractivity contribution >= 4 is 23.5 Å². The van der Waals surface area contributed by atoms with Crippen molar-refractivity contribution in [3.63, 3.8) is 0 Å². The number of fused-ring (bicyclic) bond motifs is 1. The van der Waals surface area contributed by atoms with Crippen LogP contribution >= 0.6 is 0 Å². The maximum absolute atomic E-state index is 12.1. The van der Waals surface area contributed by atoms with Gasteiger partial charge in [-0.25, -0.2) is 4.79 Å². The first kappa shape index (κ1) is 13.7. The molecule has 1 aliphatic heterocycles. The number of carboxylic acids is 1. The summed E-state index contributed by atoms with van der Waals surface area (Å²) in [5, 5.41) is 19.7. The minimum absolute atomic E-state index is 0.0136. The first-order chi connectivity index (χ1) is 9.38. The van der Waals surface area contributed by atoms with Gasteiger partial charge in [-0.1, -0.05) is 6.92 Å². The highest BCUT2D eigenvalue weighted by Crippen LogP contribution is 2.28. The number of aliphatic carboxylic acids is 1. The van der Waals surface area contributed by atoms with Crippen molar-refractivity contribution in [2.45, 2.75) is 19.4 Å². The van der Waals surface area contributed by atoms with Crippen molar-refractivity contribution in [3.8, 4) is 0 Å². The van der Waals surface area contributed by atoms with Crippen LogP contribution in [0.25, 0.3) is 0 Å². The Kier molecular flexibility index (Phi) is 3.23. The van der Waals surface area contributed by atoms with Crippen molar-refractivity contribution in [3.05, 3.63) is 39.4 Å². The van der Waals surface area contributed by atoms with Crippen molar-refractivity contribution < 1.29 is 24.4 Å². The number of rotatable bonds is 4. The third-order valence-electron chi connectivity index (χ3n) is 3.10. The summed E-state index contributed by atoms with van der Waals surface area (Å²) in [6, 6.07) is 1.99. The zero-order valence-electron chi connectivity index (χ0n) is 10.4. The highest BCUT2D eigenvalue weighted by molar-refractivity contribution is 6.22. The number of carbonyl (C=O) groups excluding carboxylic acids is 2. The van der Waals surface area contributed by atoms with Crippen molar-refractivity contribution in [2.75, 3.05) is 0 Å². The summed E-state index contributed by atoms with van der Waals surface area (Å²) in [6.07, 6.45) is 0.0584. The van der Waals surface area contributed by atoms with Gasteiger partial charge in [-0.2, -0.15) is 0 Å². The molecule has 1 heterocycles. The van der Waals surface area contributed by atoms with Crippen LogP contribution in [0.15, 0.2) is 18.2 Å². The first-order valence-corrected chi connectivity index (χ1v) is 5.77. The van der Waals surface area contributed by atoms with Gasteiger partial charge in [0.25, 0.3) is 17.5 Å². The molecular formula is C12H10N2O6. The molecule has 0 aliphatic carbocycles. The van der Waals surface area contributed by atoms with Crippen molar-refractivity contribution in [1.29, 1.82) is 0 Å². The average molecular weight is 278 g/mol. The first-order valence-electron chi connectivity index (χ1n) is 5.77. The summed E-state index contributed by atoms with van der Waals surface area (Å²) in [4.78, 5) is 45.9. The van der Waals surface area contributed by atoms with Gasteiger partial charge in [-0.15, -0.1) is 0 Å². The summed E-state index contributed by atoms with van der Waals surface area (Å²) in [5.41, 5.74) is -0.473. The highest BCUT2D eigenvalue weighted by Gasteiger charge is 2.42. The molecule has 0 radical (unpaired) electrons. The molecule has 1 aromatic rings. The number of non-ortho nitro benzene ring substituents is 1. The quantitative estimate of drug-likeness (QED) is 0.499. The molecule has 0 aromatic heterocycles. The van der Waals surface area contributed by atoms with Gasteiger partial charge in [0.2, 0.25) is 0 Å². The number of nitrogens with zero attached hydrogens (tertiary/aromatic N) is 2. The van der Waals surface area contributed by atoms with Gasteiger partial charge >= 0.3 is 5.97 Å². The normalized spacial score (nSPS) is 15.2. The fourth-order valence-electron chi connectivity index (χ4n) is 2.11. The monoisotopic (exact) mass is 278 g/mol. The molecule has 0 fully saturated rings. The smallest absolute Gasteiger partial charge is 0.326 e. The Bertz CT molecular complexity index is 639. The van der Waals surface area contributed by atoms with E-state index in [1.54, 1.807) is 0 Å². The van der Waals surface area contributed by atoms with E-state index in [2.05, 4.69) is 0 Å². The van der Waals surface area contributed by atoms with Crippen LogP contribution in [0.1, 0.15) is 34.1 Å². The molecule has 0 saturated heterocycles. The van der Waals surface area contributed by atoms with Crippen LogP contribution in [-0.4, -0.2) is 38.8 Å². The Hall–Kier alpha value is -2.77. The second kappa shape index (κ2) is 4.72. The maximum Gasteiger partial charge on any atom is 0.326 e. The van der Waals surface area contributed by atoms with Gasteiger partial charge in [0, 0.05) is 12.1 Å². The van der Waals surface area contributed by atoms with E-state index in [0.29, 0.717) is 4.90 Å². The number of nitro groups is 1. The third kappa shape index (κ3) is 1.91. The summed E-state index contributed by atoms with van der Waals surface area (Å²) < 4.78 is 0. The summed E-state index contributed by atoms with van der Waals surface area (Å²) in [6.45, 7) is 1.53. The molecule has 2 rings (SSSR count). The summed E-state index contributed by atoms with van der Waals surface area (Å²) in [7, 11) is 0. The lowest BCUT2D eigenvalue weighted by molar-refractivity contribution is -0.384. The van der Waals surface area contributed by atoms with Crippen LogP contribution in [0.4, 0.5) is 5.69 Å². The van der Waals surface area contributed by atoms with Gasteiger partial charge in [-0.3, -0.25) is 24.6 Å². The fourth-order valence-corrected chi connectivity index (χ4v) is 2.11. The van der Waals surface area contributed by atoms with Crippen LogP contribution in [0, 0.1) is 10.1 Å². The minimum atomic E-state index is -1.29. The van der Waals surface area contributed by atoms with Gasteiger partial charge in [-0.05, 0) is 12.5 Å². The highest BCUT2D eigenvalue weighted by atomic mass is 16.6. The molecule has 104 valence electrons. The van der Waals surface area contributed by atoms with E-state index in [4.69, 9.17) is 5.11 Å². The third-order valence-corrected chi connectivity index (χ3v) is 3.10. The van der Waals surface area contributed by atoms with Crippen LogP contribution in [0.5, 0.6) is 0 Å². The lowest BCUT2D eigenvalue weighted by atomic mass is 10.1. The van der Waals surface area contributed by atoms with E-state index >= 15 is 0 Å². The number of carboxylic acid groups (broad SMARTS) is 1. The van der Waals surface area contributed by atoms with E-state index in [1.807, 2.05) is 0 Å². The molecule has 1 N–H and O–H groups in total. The Morgan fingerprint density at radius 2 is 1.95 bits per heavy atom. The molecule has 1 aliphatic rings. The number of imide groups is 1. The Balaban J connectivity index is 2.50. The topological polar surface area (TPSA) is 118 Å². The molecule has 0 bridgehead atoms. The molecule has 1 unspecified atom stereocenters. The molecule has 8 nitrogen and oxygen atoms in total. The zero-order chi connectivity index (χ0) is 15.0. The van der Waals surface area contributed by atoms with Crippen LogP contribution < -0.4 is 0 Å². The number of amides is 2. The zero-order valence-corrected chi connectivity index (χ0v) is 10.4.